The van der Waals surface area contributed by atoms with Crippen LogP contribution in [0.2, 0.25) is 0 Å². The van der Waals surface area contributed by atoms with Crippen LogP contribution in [0.1, 0.15) is 48.5 Å². The number of nitrogens with zero attached hydrogens (tertiary/aromatic N) is 2. The Morgan fingerprint density at radius 1 is 1.30 bits per heavy atom. The molecule has 3 aromatic rings. The summed E-state index contributed by atoms with van der Waals surface area (Å²) in [6.07, 6.45) is 3.06. The molecule has 0 aliphatic heterocycles. The van der Waals surface area contributed by atoms with Gasteiger partial charge in [0.25, 0.3) is 0 Å². The van der Waals surface area contributed by atoms with Crippen LogP contribution in [0.4, 0.5) is 0 Å². The van der Waals surface area contributed by atoms with Gasteiger partial charge in [0.1, 0.15) is 5.01 Å². The van der Waals surface area contributed by atoms with Gasteiger partial charge in [0.2, 0.25) is 0 Å². The first-order chi connectivity index (χ1) is 13.1. The molecule has 2 heterocycles. The predicted molar refractivity (Wildman–Crippen MR) is 116 cm³/mol. The fourth-order valence-electron chi connectivity index (χ4n) is 3.04. The molecule has 0 bridgehead atoms. The fraction of sp³-hybridized carbons (Fsp3) is 0.429. The second kappa shape index (κ2) is 9.04. The van der Waals surface area contributed by atoms with E-state index < -0.39 is 0 Å². The SMILES string of the molecule is CCNC(=NCc1nc(C(C)C)cs1)NCCc1c[nH]c2c(C)cccc12. The first-order valence-electron chi connectivity index (χ1n) is 9.60. The Labute approximate surface area is 165 Å². The van der Waals surface area contributed by atoms with Gasteiger partial charge in [-0.3, -0.25) is 0 Å². The van der Waals surface area contributed by atoms with Crippen LogP contribution >= 0.6 is 11.3 Å². The summed E-state index contributed by atoms with van der Waals surface area (Å²) in [6.45, 7) is 10.8. The molecular formula is C21H29N5S. The van der Waals surface area contributed by atoms with Gasteiger partial charge in [0.15, 0.2) is 5.96 Å². The predicted octanol–water partition coefficient (Wildman–Crippen LogP) is 4.35. The standard InChI is InChI=1S/C21H29N5S/c1-5-22-21(25-12-19-26-18(13-27-19)14(2)3)23-10-9-16-11-24-20-15(4)7-6-8-17(16)20/h6-8,11,13-14,24H,5,9-10,12H2,1-4H3,(H2,22,23,25). The Morgan fingerprint density at radius 3 is 2.89 bits per heavy atom. The van der Waals surface area contributed by atoms with E-state index in [9.17, 15) is 0 Å². The highest BCUT2D eigenvalue weighted by Crippen LogP contribution is 2.21. The van der Waals surface area contributed by atoms with Crippen molar-refractivity contribution in [3.8, 4) is 0 Å². The van der Waals surface area contributed by atoms with Crippen molar-refractivity contribution >= 4 is 28.2 Å². The number of benzene rings is 1. The average molecular weight is 384 g/mol. The number of rotatable bonds is 7. The van der Waals surface area contributed by atoms with Crippen molar-refractivity contribution in [2.75, 3.05) is 13.1 Å². The Morgan fingerprint density at radius 2 is 2.15 bits per heavy atom. The molecule has 0 fully saturated rings. The van der Waals surface area contributed by atoms with Crippen LogP contribution in [-0.4, -0.2) is 29.0 Å². The van der Waals surface area contributed by atoms with Crippen LogP contribution in [0.15, 0.2) is 34.8 Å². The van der Waals surface area contributed by atoms with Gasteiger partial charge >= 0.3 is 0 Å². The molecule has 3 rings (SSSR count). The largest absolute Gasteiger partial charge is 0.361 e. The summed E-state index contributed by atoms with van der Waals surface area (Å²) in [5.41, 5.74) is 5.00. The second-order valence-electron chi connectivity index (χ2n) is 7.00. The Bertz CT molecular complexity index is 906. The Hall–Kier alpha value is -2.34. The maximum Gasteiger partial charge on any atom is 0.191 e. The number of aryl methyl sites for hydroxylation is 1. The molecule has 27 heavy (non-hydrogen) atoms. The number of H-pyrrole nitrogens is 1. The van der Waals surface area contributed by atoms with E-state index in [0.29, 0.717) is 12.5 Å². The van der Waals surface area contributed by atoms with E-state index in [-0.39, 0.29) is 0 Å². The third-order valence-electron chi connectivity index (χ3n) is 4.57. The minimum Gasteiger partial charge on any atom is -0.361 e. The van der Waals surface area contributed by atoms with Gasteiger partial charge in [-0.25, -0.2) is 9.98 Å². The smallest absolute Gasteiger partial charge is 0.191 e. The minimum atomic E-state index is 0.463. The highest BCUT2D eigenvalue weighted by Gasteiger charge is 2.07. The number of hydrogen-bond donors (Lipinski definition) is 3. The van der Waals surface area contributed by atoms with E-state index in [0.717, 1.165) is 36.2 Å². The molecule has 0 amide bonds. The van der Waals surface area contributed by atoms with Crippen LogP contribution in [-0.2, 0) is 13.0 Å². The zero-order valence-corrected chi connectivity index (χ0v) is 17.4. The van der Waals surface area contributed by atoms with Gasteiger partial charge in [-0.15, -0.1) is 11.3 Å². The zero-order valence-electron chi connectivity index (χ0n) is 16.6. The molecule has 0 aliphatic rings. The van der Waals surface area contributed by atoms with E-state index >= 15 is 0 Å². The number of aliphatic imine (C=N–C) groups is 1. The van der Waals surface area contributed by atoms with Gasteiger partial charge in [-0.2, -0.15) is 0 Å². The average Bonchev–Trinajstić information content (AvgIpc) is 3.28. The maximum atomic E-state index is 4.69. The minimum absolute atomic E-state index is 0.463. The van der Waals surface area contributed by atoms with E-state index in [1.54, 1.807) is 11.3 Å². The molecule has 1 aromatic carbocycles. The molecule has 0 saturated carbocycles. The van der Waals surface area contributed by atoms with E-state index in [2.05, 4.69) is 83.1 Å². The van der Waals surface area contributed by atoms with Gasteiger partial charge < -0.3 is 15.6 Å². The molecule has 0 aliphatic carbocycles. The lowest BCUT2D eigenvalue weighted by molar-refractivity contribution is 0.795. The van der Waals surface area contributed by atoms with Crippen molar-refractivity contribution in [3.63, 3.8) is 0 Å². The van der Waals surface area contributed by atoms with Gasteiger partial charge in [-0.05, 0) is 37.3 Å². The fourth-order valence-corrected chi connectivity index (χ4v) is 3.92. The summed E-state index contributed by atoms with van der Waals surface area (Å²) in [5, 5.41) is 11.3. The number of aromatic amines is 1. The summed E-state index contributed by atoms with van der Waals surface area (Å²) in [6, 6.07) is 6.44. The van der Waals surface area contributed by atoms with Gasteiger partial charge in [-0.1, -0.05) is 32.0 Å². The summed E-state index contributed by atoms with van der Waals surface area (Å²) >= 11 is 1.68. The Kier molecular flexibility index (Phi) is 6.50. The van der Waals surface area contributed by atoms with Gasteiger partial charge in [0.05, 0.1) is 12.2 Å². The molecule has 0 saturated heterocycles. The molecule has 2 aromatic heterocycles. The number of thiazole rings is 1. The van der Waals surface area contributed by atoms with Crippen molar-refractivity contribution < 1.29 is 0 Å². The number of fused-ring (bicyclic) bond motifs is 1. The van der Waals surface area contributed by atoms with E-state index in [4.69, 9.17) is 0 Å². The quantitative estimate of drug-likeness (QED) is 0.420. The zero-order chi connectivity index (χ0) is 19.2. The maximum absolute atomic E-state index is 4.69. The molecule has 5 nitrogen and oxygen atoms in total. The normalized spacial score (nSPS) is 12.1. The van der Waals surface area contributed by atoms with Crippen LogP contribution in [0, 0.1) is 6.92 Å². The van der Waals surface area contributed by atoms with Crippen molar-refractivity contribution in [3.05, 3.63) is 51.6 Å². The summed E-state index contributed by atoms with van der Waals surface area (Å²) < 4.78 is 0. The molecule has 0 spiro atoms. The molecule has 6 heteroatoms. The second-order valence-corrected chi connectivity index (χ2v) is 7.95. The Balaban J connectivity index is 1.59. The summed E-state index contributed by atoms with van der Waals surface area (Å²) in [5.74, 6) is 1.31. The van der Waals surface area contributed by atoms with E-state index in [1.807, 2.05) is 0 Å². The third kappa shape index (κ3) is 4.89. The highest BCUT2D eigenvalue weighted by atomic mass is 32.1. The first kappa shape index (κ1) is 19.4. The lowest BCUT2D eigenvalue weighted by atomic mass is 10.1. The number of aromatic nitrogens is 2. The first-order valence-corrected chi connectivity index (χ1v) is 10.5. The molecule has 144 valence electrons. The van der Waals surface area contributed by atoms with Gasteiger partial charge in [0, 0.05) is 35.6 Å². The summed E-state index contributed by atoms with van der Waals surface area (Å²) in [4.78, 5) is 12.7. The van der Waals surface area contributed by atoms with Crippen LogP contribution in [0.5, 0.6) is 0 Å². The molecule has 0 unspecified atom stereocenters. The highest BCUT2D eigenvalue weighted by molar-refractivity contribution is 7.09. The molecule has 0 atom stereocenters. The van der Waals surface area contributed by atoms with Crippen LogP contribution < -0.4 is 10.6 Å². The number of para-hydroxylation sites is 1. The lowest BCUT2D eigenvalue weighted by Crippen LogP contribution is -2.38. The lowest BCUT2D eigenvalue weighted by Gasteiger charge is -2.10. The summed E-state index contributed by atoms with van der Waals surface area (Å²) in [7, 11) is 0. The number of nitrogens with one attached hydrogen (secondary N) is 3. The monoisotopic (exact) mass is 383 g/mol. The molecule has 3 N–H and O–H groups in total. The molecular weight excluding hydrogens is 354 g/mol. The van der Waals surface area contributed by atoms with Crippen LogP contribution in [0.3, 0.4) is 0 Å². The van der Waals surface area contributed by atoms with Crippen molar-refractivity contribution in [2.45, 2.75) is 46.6 Å². The number of guanidine groups is 1. The van der Waals surface area contributed by atoms with Crippen molar-refractivity contribution in [2.24, 2.45) is 4.99 Å². The molecule has 0 radical (unpaired) electrons. The van der Waals surface area contributed by atoms with E-state index in [1.165, 1.54) is 22.0 Å². The topological polar surface area (TPSA) is 65.1 Å². The van der Waals surface area contributed by atoms with Crippen molar-refractivity contribution in [1.29, 1.82) is 0 Å². The van der Waals surface area contributed by atoms with Crippen molar-refractivity contribution in [1.82, 2.24) is 20.6 Å². The number of hydrogen-bond acceptors (Lipinski definition) is 3. The van der Waals surface area contributed by atoms with Crippen LogP contribution in [0.25, 0.3) is 10.9 Å². The third-order valence-corrected chi connectivity index (χ3v) is 5.43.